The summed E-state index contributed by atoms with van der Waals surface area (Å²) in [5, 5.41) is 12.5. The van der Waals surface area contributed by atoms with Gasteiger partial charge in [-0.3, -0.25) is 0 Å². The molecule has 0 saturated carbocycles. The fraction of sp³-hybridized carbons (Fsp3) is 0.533. The Labute approximate surface area is 128 Å². The third-order valence-electron chi connectivity index (χ3n) is 2.86. The Kier molecular flexibility index (Phi) is 7.62. The molecule has 0 aliphatic carbocycles. The van der Waals surface area contributed by atoms with Crippen LogP contribution in [0.3, 0.4) is 0 Å². The van der Waals surface area contributed by atoms with Crippen LogP contribution in [0.15, 0.2) is 22.7 Å². The lowest BCUT2D eigenvalue weighted by Crippen LogP contribution is -2.27. The first kappa shape index (κ1) is 17.0. The van der Waals surface area contributed by atoms with Crippen LogP contribution in [-0.4, -0.2) is 23.7 Å². The van der Waals surface area contributed by atoms with Crippen LogP contribution >= 0.6 is 15.9 Å². The molecule has 0 bridgehead atoms. The minimum atomic E-state index is -0.915. The van der Waals surface area contributed by atoms with Gasteiger partial charge in [0.15, 0.2) is 6.10 Å². The van der Waals surface area contributed by atoms with E-state index in [1.807, 2.05) is 25.1 Å². The van der Waals surface area contributed by atoms with E-state index >= 15 is 0 Å². The highest BCUT2D eigenvalue weighted by Gasteiger charge is 2.19. The van der Waals surface area contributed by atoms with Gasteiger partial charge in [-0.1, -0.05) is 36.2 Å². The molecule has 0 radical (unpaired) electrons. The Bertz CT molecular complexity index is 437. The molecule has 2 N–H and O–H groups in total. The largest absolute Gasteiger partial charge is 0.479 e. The number of rotatable bonds is 9. The second-order valence-corrected chi connectivity index (χ2v) is 5.58. The first-order chi connectivity index (χ1) is 9.58. The molecule has 0 amide bonds. The summed E-state index contributed by atoms with van der Waals surface area (Å²) in [6.07, 6.45) is 1.55. The van der Waals surface area contributed by atoms with Crippen molar-refractivity contribution in [1.82, 2.24) is 5.32 Å². The van der Waals surface area contributed by atoms with Gasteiger partial charge in [0.25, 0.3) is 0 Å². The summed E-state index contributed by atoms with van der Waals surface area (Å²) < 4.78 is 6.63. The van der Waals surface area contributed by atoms with Gasteiger partial charge in [0, 0.05) is 16.6 Å². The molecule has 1 aromatic rings. The van der Waals surface area contributed by atoms with Crippen LogP contribution < -0.4 is 10.1 Å². The third kappa shape index (κ3) is 5.51. The van der Waals surface area contributed by atoms with E-state index in [4.69, 9.17) is 4.74 Å². The van der Waals surface area contributed by atoms with Gasteiger partial charge < -0.3 is 15.2 Å². The molecule has 1 unspecified atom stereocenters. The number of aliphatic carboxylic acids is 1. The Morgan fingerprint density at radius 2 is 2.15 bits per heavy atom. The van der Waals surface area contributed by atoms with E-state index in [2.05, 4.69) is 28.2 Å². The van der Waals surface area contributed by atoms with Gasteiger partial charge in [0.2, 0.25) is 0 Å². The number of halogens is 1. The molecule has 20 heavy (non-hydrogen) atoms. The number of hydrogen-bond donors (Lipinski definition) is 2. The molecule has 5 heteroatoms. The Hall–Kier alpha value is -1.07. The molecular weight excluding hydrogens is 322 g/mol. The minimum Gasteiger partial charge on any atom is -0.479 e. The van der Waals surface area contributed by atoms with Gasteiger partial charge in [-0.15, -0.1) is 0 Å². The molecular formula is C15H22BrNO3. The zero-order valence-electron chi connectivity index (χ0n) is 12.0. The van der Waals surface area contributed by atoms with Crippen molar-refractivity contribution in [3.63, 3.8) is 0 Å². The van der Waals surface area contributed by atoms with Gasteiger partial charge in [-0.2, -0.15) is 0 Å². The predicted molar refractivity (Wildman–Crippen MR) is 83.1 cm³/mol. The lowest BCUT2D eigenvalue weighted by molar-refractivity contribution is -0.145. The zero-order chi connectivity index (χ0) is 15.0. The monoisotopic (exact) mass is 343 g/mol. The number of benzene rings is 1. The van der Waals surface area contributed by atoms with E-state index in [1.54, 1.807) is 0 Å². The molecule has 0 aliphatic heterocycles. The van der Waals surface area contributed by atoms with Gasteiger partial charge in [-0.25, -0.2) is 4.79 Å². The maximum Gasteiger partial charge on any atom is 0.344 e. The van der Waals surface area contributed by atoms with E-state index in [0.29, 0.717) is 18.7 Å². The van der Waals surface area contributed by atoms with E-state index in [9.17, 15) is 9.90 Å². The Morgan fingerprint density at radius 1 is 1.40 bits per heavy atom. The molecule has 0 saturated heterocycles. The lowest BCUT2D eigenvalue weighted by Gasteiger charge is -2.17. The highest BCUT2D eigenvalue weighted by molar-refractivity contribution is 9.10. The molecule has 0 heterocycles. The first-order valence-corrected chi connectivity index (χ1v) is 7.76. The van der Waals surface area contributed by atoms with Crippen LogP contribution in [0, 0.1) is 0 Å². The van der Waals surface area contributed by atoms with Crippen molar-refractivity contribution in [1.29, 1.82) is 0 Å². The van der Waals surface area contributed by atoms with Crippen molar-refractivity contribution in [2.24, 2.45) is 0 Å². The van der Waals surface area contributed by atoms with E-state index in [1.165, 1.54) is 0 Å². The predicted octanol–water partition coefficient (Wildman–Crippen LogP) is 3.58. The number of ether oxygens (including phenoxy) is 1. The molecule has 4 nitrogen and oxygen atoms in total. The van der Waals surface area contributed by atoms with Gasteiger partial charge >= 0.3 is 5.97 Å². The zero-order valence-corrected chi connectivity index (χ0v) is 13.6. The summed E-state index contributed by atoms with van der Waals surface area (Å²) >= 11 is 3.43. The third-order valence-corrected chi connectivity index (χ3v) is 3.35. The van der Waals surface area contributed by atoms with Crippen molar-refractivity contribution in [2.75, 3.05) is 6.54 Å². The van der Waals surface area contributed by atoms with Crippen molar-refractivity contribution >= 4 is 21.9 Å². The van der Waals surface area contributed by atoms with Crippen LogP contribution in [0.4, 0.5) is 0 Å². The van der Waals surface area contributed by atoms with Crippen molar-refractivity contribution in [2.45, 2.75) is 45.8 Å². The van der Waals surface area contributed by atoms with Crippen LogP contribution in [-0.2, 0) is 11.3 Å². The summed E-state index contributed by atoms with van der Waals surface area (Å²) in [6.45, 7) is 5.64. The highest BCUT2D eigenvalue weighted by Crippen LogP contribution is 2.25. The standard InChI is InChI=1S/C15H22BrNO3/c1-3-5-14(15(18)19)20-13-7-6-12(16)9-11(13)10-17-8-4-2/h6-7,9,14,17H,3-5,8,10H2,1-2H3,(H,18,19). The molecule has 0 fully saturated rings. The molecule has 0 aliphatic rings. The number of hydrogen-bond acceptors (Lipinski definition) is 3. The molecule has 1 aromatic carbocycles. The van der Waals surface area contributed by atoms with Crippen LogP contribution in [0.5, 0.6) is 5.75 Å². The second kappa shape index (κ2) is 8.97. The summed E-state index contributed by atoms with van der Waals surface area (Å²) in [5.41, 5.74) is 0.968. The summed E-state index contributed by atoms with van der Waals surface area (Å²) in [4.78, 5) is 11.2. The summed E-state index contributed by atoms with van der Waals surface area (Å²) in [6, 6.07) is 5.64. The van der Waals surface area contributed by atoms with Crippen molar-refractivity contribution in [3.8, 4) is 5.75 Å². The Morgan fingerprint density at radius 3 is 2.75 bits per heavy atom. The van der Waals surface area contributed by atoms with Gasteiger partial charge in [0.05, 0.1) is 0 Å². The molecule has 112 valence electrons. The fourth-order valence-electron chi connectivity index (χ4n) is 1.85. The fourth-order valence-corrected chi connectivity index (χ4v) is 2.26. The van der Waals surface area contributed by atoms with Gasteiger partial charge in [-0.05, 0) is 37.6 Å². The smallest absolute Gasteiger partial charge is 0.344 e. The van der Waals surface area contributed by atoms with E-state index in [0.717, 1.165) is 29.4 Å². The molecule has 1 atom stereocenters. The quantitative estimate of drug-likeness (QED) is 0.673. The Balaban J connectivity index is 2.83. The average molecular weight is 344 g/mol. The van der Waals surface area contributed by atoms with E-state index in [-0.39, 0.29) is 0 Å². The summed E-state index contributed by atoms with van der Waals surface area (Å²) in [5.74, 6) is -0.278. The first-order valence-electron chi connectivity index (χ1n) is 6.97. The average Bonchev–Trinajstić information content (AvgIpc) is 2.41. The van der Waals surface area contributed by atoms with Crippen molar-refractivity contribution < 1.29 is 14.6 Å². The maximum absolute atomic E-state index is 11.2. The normalized spacial score (nSPS) is 12.2. The number of carbonyl (C=O) groups is 1. The van der Waals surface area contributed by atoms with E-state index < -0.39 is 12.1 Å². The number of nitrogens with one attached hydrogen (secondary N) is 1. The molecule has 1 rings (SSSR count). The minimum absolute atomic E-state index is 0.507. The van der Waals surface area contributed by atoms with Crippen LogP contribution in [0.1, 0.15) is 38.7 Å². The number of carboxylic acid groups (broad SMARTS) is 1. The van der Waals surface area contributed by atoms with Crippen LogP contribution in [0.2, 0.25) is 0 Å². The molecule has 0 spiro atoms. The summed E-state index contributed by atoms with van der Waals surface area (Å²) in [7, 11) is 0. The molecule has 0 aromatic heterocycles. The maximum atomic E-state index is 11.2. The van der Waals surface area contributed by atoms with Crippen LogP contribution in [0.25, 0.3) is 0 Å². The highest BCUT2D eigenvalue weighted by atomic mass is 79.9. The lowest BCUT2D eigenvalue weighted by atomic mass is 10.1. The SMILES string of the molecule is CCCNCc1cc(Br)ccc1OC(CCC)C(=O)O. The van der Waals surface area contributed by atoms with Crippen molar-refractivity contribution in [3.05, 3.63) is 28.2 Å². The van der Waals surface area contributed by atoms with Gasteiger partial charge in [0.1, 0.15) is 5.75 Å². The number of carboxylic acids is 1. The topological polar surface area (TPSA) is 58.6 Å². The second-order valence-electron chi connectivity index (χ2n) is 4.66.